The SMILES string of the molecule is N#Cc1ccc(N[O])cc1. The van der Waals surface area contributed by atoms with Gasteiger partial charge in [0.15, 0.2) is 0 Å². The van der Waals surface area contributed by atoms with E-state index in [9.17, 15) is 5.21 Å². The maximum atomic E-state index is 10.00. The number of hydrogen-bond donors (Lipinski definition) is 1. The Balaban J connectivity index is 2.93. The van der Waals surface area contributed by atoms with E-state index in [0.29, 0.717) is 11.3 Å². The quantitative estimate of drug-likeness (QED) is 0.587. The number of nitriles is 1. The predicted molar refractivity (Wildman–Crippen MR) is 35.5 cm³/mol. The molecular formula is C7H5N2O. The molecule has 10 heavy (non-hydrogen) atoms. The molecule has 0 saturated heterocycles. The van der Waals surface area contributed by atoms with Gasteiger partial charge in [0.25, 0.3) is 0 Å². The Morgan fingerprint density at radius 3 is 2.30 bits per heavy atom. The monoisotopic (exact) mass is 133 g/mol. The van der Waals surface area contributed by atoms with Crippen molar-refractivity contribution >= 4 is 5.69 Å². The Morgan fingerprint density at radius 1 is 1.30 bits per heavy atom. The predicted octanol–water partition coefficient (Wildman–Crippen LogP) is 1.32. The van der Waals surface area contributed by atoms with E-state index in [1.807, 2.05) is 6.07 Å². The molecule has 0 aliphatic carbocycles. The number of benzene rings is 1. The van der Waals surface area contributed by atoms with Crippen molar-refractivity contribution in [3.05, 3.63) is 29.8 Å². The molecule has 49 valence electrons. The summed E-state index contributed by atoms with van der Waals surface area (Å²) in [5, 5.41) is 18.4. The topological polar surface area (TPSA) is 55.7 Å². The van der Waals surface area contributed by atoms with Crippen LogP contribution < -0.4 is 5.48 Å². The van der Waals surface area contributed by atoms with Gasteiger partial charge in [0, 0.05) is 0 Å². The van der Waals surface area contributed by atoms with Crippen molar-refractivity contribution in [1.82, 2.24) is 0 Å². The van der Waals surface area contributed by atoms with E-state index in [2.05, 4.69) is 0 Å². The minimum absolute atomic E-state index is 0.471. The normalized spacial score (nSPS) is 8.40. The molecule has 1 aromatic rings. The standard InChI is InChI=1S/C7H5N2O/c8-5-6-1-3-7(9-10)4-2-6/h1-4,9H. The lowest BCUT2D eigenvalue weighted by atomic mass is 10.2. The first kappa shape index (κ1) is 6.59. The van der Waals surface area contributed by atoms with Gasteiger partial charge in [0.2, 0.25) is 0 Å². The van der Waals surface area contributed by atoms with E-state index in [0.717, 1.165) is 0 Å². The van der Waals surface area contributed by atoms with Gasteiger partial charge in [-0.25, -0.2) is 5.48 Å². The molecule has 1 aromatic carbocycles. The van der Waals surface area contributed by atoms with E-state index >= 15 is 0 Å². The van der Waals surface area contributed by atoms with Crippen LogP contribution in [0.1, 0.15) is 5.56 Å². The molecule has 0 aliphatic rings. The van der Waals surface area contributed by atoms with Crippen molar-refractivity contribution in [2.75, 3.05) is 5.48 Å². The number of rotatable bonds is 1. The second-order valence-electron chi connectivity index (χ2n) is 1.79. The van der Waals surface area contributed by atoms with Gasteiger partial charge in [0.1, 0.15) is 0 Å². The summed E-state index contributed by atoms with van der Waals surface area (Å²) < 4.78 is 0. The molecule has 0 fully saturated rings. The molecule has 1 radical (unpaired) electrons. The fourth-order valence-electron chi connectivity index (χ4n) is 0.613. The third kappa shape index (κ3) is 1.24. The van der Waals surface area contributed by atoms with Crippen LogP contribution in [0.15, 0.2) is 24.3 Å². The smallest absolute Gasteiger partial charge is 0.0991 e. The summed E-state index contributed by atoms with van der Waals surface area (Å²) in [6.07, 6.45) is 0. The van der Waals surface area contributed by atoms with Crippen LogP contribution in [0, 0.1) is 11.3 Å². The molecule has 0 bridgehead atoms. The molecule has 0 spiro atoms. The third-order valence-electron chi connectivity index (χ3n) is 1.13. The summed E-state index contributed by atoms with van der Waals surface area (Å²) in [5.41, 5.74) is 2.74. The van der Waals surface area contributed by atoms with Crippen LogP contribution in [0.2, 0.25) is 0 Å². The number of hydrogen-bond acceptors (Lipinski definition) is 2. The Bertz CT molecular complexity index is 247. The molecule has 0 atom stereocenters. The summed E-state index contributed by atoms with van der Waals surface area (Å²) >= 11 is 0. The van der Waals surface area contributed by atoms with Crippen LogP contribution in [-0.4, -0.2) is 0 Å². The van der Waals surface area contributed by atoms with Crippen molar-refractivity contribution in [3.63, 3.8) is 0 Å². The van der Waals surface area contributed by atoms with E-state index in [-0.39, 0.29) is 0 Å². The molecule has 0 heterocycles. The van der Waals surface area contributed by atoms with E-state index in [4.69, 9.17) is 5.26 Å². The maximum Gasteiger partial charge on any atom is 0.0991 e. The van der Waals surface area contributed by atoms with E-state index < -0.39 is 0 Å². The molecule has 0 unspecified atom stereocenters. The average Bonchev–Trinajstić information content (AvgIpc) is 2.05. The van der Waals surface area contributed by atoms with Crippen molar-refractivity contribution < 1.29 is 5.21 Å². The lowest BCUT2D eigenvalue weighted by Gasteiger charge is -1.92. The van der Waals surface area contributed by atoms with Crippen LogP contribution in [0.25, 0.3) is 0 Å². The molecule has 3 nitrogen and oxygen atoms in total. The summed E-state index contributed by atoms with van der Waals surface area (Å²) in [7, 11) is 0. The minimum atomic E-state index is 0.471. The molecule has 1 N–H and O–H groups in total. The van der Waals surface area contributed by atoms with Crippen LogP contribution in [-0.2, 0) is 5.21 Å². The molecular weight excluding hydrogens is 128 g/mol. The second-order valence-corrected chi connectivity index (χ2v) is 1.79. The first-order valence-corrected chi connectivity index (χ1v) is 2.75. The fourth-order valence-corrected chi connectivity index (χ4v) is 0.613. The van der Waals surface area contributed by atoms with Crippen LogP contribution in [0.5, 0.6) is 0 Å². The van der Waals surface area contributed by atoms with Crippen molar-refractivity contribution in [2.45, 2.75) is 0 Å². The Kier molecular flexibility index (Phi) is 1.88. The van der Waals surface area contributed by atoms with Crippen molar-refractivity contribution in [3.8, 4) is 6.07 Å². The number of nitrogens with one attached hydrogen (secondary N) is 1. The molecule has 0 saturated carbocycles. The molecule has 0 aromatic heterocycles. The van der Waals surface area contributed by atoms with Gasteiger partial charge in [-0.3, -0.25) is 0 Å². The first-order valence-electron chi connectivity index (χ1n) is 2.75. The Labute approximate surface area is 58.5 Å². The van der Waals surface area contributed by atoms with Gasteiger partial charge in [0.05, 0.1) is 17.3 Å². The van der Waals surface area contributed by atoms with E-state index in [1.165, 1.54) is 0 Å². The fraction of sp³-hybridized carbons (Fsp3) is 0. The largest absolute Gasteiger partial charge is 0.233 e. The molecule has 3 heteroatoms. The zero-order valence-electron chi connectivity index (χ0n) is 5.16. The van der Waals surface area contributed by atoms with Gasteiger partial charge < -0.3 is 0 Å². The zero-order chi connectivity index (χ0) is 7.40. The highest BCUT2D eigenvalue weighted by atomic mass is 16.5. The van der Waals surface area contributed by atoms with Crippen LogP contribution in [0.4, 0.5) is 5.69 Å². The number of anilines is 1. The molecule has 1 rings (SSSR count). The third-order valence-corrected chi connectivity index (χ3v) is 1.13. The molecule has 0 aliphatic heterocycles. The average molecular weight is 133 g/mol. The van der Waals surface area contributed by atoms with Crippen molar-refractivity contribution in [2.24, 2.45) is 0 Å². The summed E-state index contributed by atoms with van der Waals surface area (Å²) in [5.74, 6) is 0. The Hall–Kier alpha value is -1.53. The van der Waals surface area contributed by atoms with Gasteiger partial charge >= 0.3 is 0 Å². The second kappa shape index (κ2) is 2.85. The summed E-state index contributed by atoms with van der Waals surface area (Å²) in [4.78, 5) is 0. The Morgan fingerprint density at radius 2 is 1.90 bits per heavy atom. The minimum Gasteiger partial charge on any atom is -0.233 e. The van der Waals surface area contributed by atoms with E-state index in [1.54, 1.807) is 29.7 Å². The first-order chi connectivity index (χ1) is 4.86. The highest BCUT2D eigenvalue weighted by Gasteiger charge is 1.89. The highest BCUT2D eigenvalue weighted by molar-refractivity contribution is 5.45. The summed E-state index contributed by atoms with van der Waals surface area (Å²) in [6.45, 7) is 0. The summed E-state index contributed by atoms with van der Waals surface area (Å²) in [6, 6.07) is 8.24. The molecule has 0 amide bonds. The lowest BCUT2D eigenvalue weighted by Crippen LogP contribution is -1.85. The van der Waals surface area contributed by atoms with Crippen molar-refractivity contribution in [1.29, 1.82) is 5.26 Å². The van der Waals surface area contributed by atoms with Crippen LogP contribution >= 0.6 is 0 Å². The number of nitrogens with zero attached hydrogens (tertiary/aromatic N) is 1. The van der Waals surface area contributed by atoms with Gasteiger partial charge in [-0.15, -0.1) is 0 Å². The maximum absolute atomic E-state index is 10.00. The van der Waals surface area contributed by atoms with Gasteiger partial charge in [-0.1, -0.05) is 5.21 Å². The van der Waals surface area contributed by atoms with Crippen LogP contribution in [0.3, 0.4) is 0 Å². The zero-order valence-corrected chi connectivity index (χ0v) is 5.16. The highest BCUT2D eigenvalue weighted by Crippen LogP contribution is 2.06. The lowest BCUT2D eigenvalue weighted by molar-refractivity contribution is 0.274. The van der Waals surface area contributed by atoms with Gasteiger partial charge in [-0.2, -0.15) is 5.26 Å². The van der Waals surface area contributed by atoms with Gasteiger partial charge in [-0.05, 0) is 24.3 Å².